The molecule has 0 aliphatic rings. The lowest BCUT2D eigenvalue weighted by Crippen LogP contribution is -1.99. The van der Waals surface area contributed by atoms with E-state index in [2.05, 4.69) is 33.5 Å². The molecule has 5 aromatic rings. The maximum atomic E-state index is 4.79. The zero-order valence-electron chi connectivity index (χ0n) is 13.7. The van der Waals surface area contributed by atoms with Gasteiger partial charge in [-0.3, -0.25) is 9.55 Å². The third-order valence-electron chi connectivity index (χ3n) is 4.48. The van der Waals surface area contributed by atoms with Crippen LogP contribution in [0.4, 0.5) is 0 Å². The van der Waals surface area contributed by atoms with Crippen LogP contribution in [-0.2, 0) is 0 Å². The number of aromatic nitrogens is 6. The van der Waals surface area contributed by atoms with Crippen molar-refractivity contribution < 1.29 is 0 Å². The topological polar surface area (TPSA) is 60.9 Å². The highest BCUT2D eigenvalue weighted by Crippen LogP contribution is 2.30. The highest BCUT2D eigenvalue weighted by Gasteiger charge is 2.19. The lowest BCUT2D eigenvalue weighted by atomic mass is 10.2. The summed E-state index contributed by atoms with van der Waals surface area (Å²) in [6.07, 6.45) is 5.35. The smallest absolute Gasteiger partial charge is 0.192 e. The second-order valence-electron chi connectivity index (χ2n) is 5.88. The molecule has 5 aromatic heterocycles. The number of hydrogen-bond donors (Lipinski definition) is 0. The molecule has 6 nitrogen and oxygen atoms in total. The Kier molecular flexibility index (Phi) is 2.98. The molecule has 0 unspecified atom stereocenters. The number of nitrogens with zero attached hydrogens (tertiary/aromatic N) is 6. The lowest BCUT2D eigenvalue weighted by Gasteiger charge is -2.06. The van der Waals surface area contributed by atoms with Crippen LogP contribution in [0.1, 0.15) is 11.3 Å². The predicted molar refractivity (Wildman–Crippen MR) is 98.2 cm³/mol. The minimum Gasteiger partial charge on any atom is -0.297 e. The van der Waals surface area contributed by atoms with Gasteiger partial charge in [0.05, 0.1) is 22.1 Å². The number of thiophene rings is 1. The van der Waals surface area contributed by atoms with Gasteiger partial charge in [-0.1, -0.05) is 6.07 Å². The van der Waals surface area contributed by atoms with Gasteiger partial charge in [-0.25, -0.2) is 14.5 Å². The molecular formula is C18H14N6S. The fraction of sp³-hybridized carbons (Fsp3) is 0.111. The SMILES string of the molecule is Cc1c(C)n(-c2cccnc2)c2ncn3nc(-c4cccs4)nc3c12. The van der Waals surface area contributed by atoms with Crippen molar-refractivity contribution in [3.63, 3.8) is 0 Å². The number of pyridine rings is 1. The largest absolute Gasteiger partial charge is 0.297 e. The van der Waals surface area contributed by atoms with Crippen LogP contribution in [-0.4, -0.2) is 29.1 Å². The van der Waals surface area contributed by atoms with E-state index in [1.165, 1.54) is 0 Å². The van der Waals surface area contributed by atoms with Gasteiger partial charge in [0, 0.05) is 11.9 Å². The van der Waals surface area contributed by atoms with Crippen molar-refractivity contribution >= 4 is 28.0 Å². The minimum atomic E-state index is 0.732. The van der Waals surface area contributed by atoms with Crippen molar-refractivity contribution in [2.24, 2.45) is 0 Å². The van der Waals surface area contributed by atoms with Crippen molar-refractivity contribution in [3.8, 4) is 16.4 Å². The molecule has 0 fully saturated rings. The summed E-state index contributed by atoms with van der Waals surface area (Å²) in [6.45, 7) is 4.20. The van der Waals surface area contributed by atoms with E-state index in [-0.39, 0.29) is 0 Å². The van der Waals surface area contributed by atoms with Crippen LogP contribution in [0, 0.1) is 13.8 Å². The maximum Gasteiger partial charge on any atom is 0.192 e. The summed E-state index contributed by atoms with van der Waals surface area (Å²) in [4.78, 5) is 14.7. The Hall–Kier alpha value is -3.06. The summed E-state index contributed by atoms with van der Waals surface area (Å²) in [5.74, 6) is 0.732. The summed E-state index contributed by atoms with van der Waals surface area (Å²) >= 11 is 1.63. The average Bonchev–Trinajstić information content (AvgIpc) is 3.35. The van der Waals surface area contributed by atoms with Crippen molar-refractivity contribution in [2.75, 3.05) is 0 Å². The van der Waals surface area contributed by atoms with Crippen molar-refractivity contribution in [3.05, 3.63) is 59.6 Å². The molecule has 0 N–H and O–H groups in total. The summed E-state index contributed by atoms with van der Waals surface area (Å²) in [5.41, 5.74) is 4.98. The molecule has 122 valence electrons. The second-order valence-corrected chi connectivity index (χ2v) is 6.83. The van der Waals surface area contributed by atoms with Crippen LogP contribution in [0.25, 0.3) is 33.1 Å². The highest BCUT2D eigenvalue weighted by molar-refractivity contribution is 7.13. The van der Waals surface area contributed by atoms with E-state index in [9.17, 15) is 0 Å². The molecule has 0 spiro atoms. The highest BCUT2D eigenvalue weighted by atomic mass is 32.1. The van der Waals surface area contributed by atoms with Crippen molar-refractivity contribution in [1.82, 2.24) is 29.1 Å². The van der Waals surface area contributed by atoms with Gasteiger partial charge in [0.2, 0.25) is 0 Å². The first-order valence-corrected chi connectivity index (χ1v) is 8.79. The third-order valence-corrected chi connectivity index (χ3v) is 5.34. The zero-order valence-corrected chi connectivity index (χ0v) is 14.5. The van der Waals surface area contributed by atoms with Crippen LogP contribution < -0.4 is 0 Å². The first kappa shape index (κ1) is 14.3. The molecule has 0 amide bonds. The molecule has 0 bridgehead atoms. The van der Waals surface area contributed by atoms with E-state index in [0.717, 1.165) is 44.3 Å². The minimum absolute atomic E-state index is 0.732. The number of aryl methyl sites for hydroxylation is 1. The van der Waals surface area contributed by atoms with E-state index in [0.29, 0.717) is 0 Å². The van der Waals surface area contributed by atoms with Crippen LogP contribution in [0.3, 0.4) is 0 Å². The summed E-state index contributed by atoms with van der Waals surface area (Å²) in [5, 5.41) is 7.65. The number of rotatable bonds is 2. The van der Waals surface area contributed by atoms with Gasteiger partial charge in [0.1, 0.15) is 6.33 Å². The molecule has 0 saturated carbocycles. The Bertz CT molecular complexity index is 1200. The van der Waals surface area contributed by atoms with E-state index < -0.39 is 0 Å². The maximum absolute atomic E-state index is 4.79. The van der Waals surface area contributed by atoms with Gasteiger partial charge in [0.15, 0.2) is 17.1 Å². The lowest BCUT2D eigenvalue weighted by molar-refractivity contribution is 0.926. The summed E-state index contributed by atoms with van der Waals surface area (Å²) in [6, 6.07) is 8.00. The van der Waals surface area contributed by atoms with Crippen LogP contribution >= 0.6 is 11.3 Å². The van der Waals surface area contributed by atoms with E-state index in [1.54, 1.807) is 28.4 Å². The fourth-order valence-electron chi connectivity index (χ4n) is 3.17. The Morgan fingerprint density at radius 2 is 2.00 bits per heavy atom. The molecule has 5 heterocycles. The molecule has 25 heavy (non-hydrogen) atoms. The molecule has 7 heteroatoms. The Morgan fingerprint density at radius 1 is 1.08 bits per heavy atom. The van der Waals surface area contributed by atoms with Crippen LogP contribution in [0.2, 0.25) is 0 Å². The van der Waals surface area contributed by atoms with Gasteiger partial charge in [0.25, 0.3) is 0 Å². The van der Waals surface area contributed by atoms with Gasteiger partial charge in [-0.15, -0.1) is 16.4 Å². The zero-order chi connectivity index (χ0) is 17.0. The normalized spacial score (nSPS) is 11.6. The Labute approximate surface area is 147 Å². The first-order valence-electron chi connectivity index (χ1n) is 7.91. The van der Waals surface area contributed by atoms with Crippen molar-refractivity contribution in [2.45, 2.75) is 13.8 Å². The first-order chi connectivity index (χ1) is 12.2. The quantitative estimate of drug-likeness (QED) is 0.488. The van der Waals surface area contributed by atoms with E-state index in [1.807, 2.05) is 35.8 Å². The van der Waals surface area contributed by atoms with Crippen molar-refractivity contribution in [1.29, 1.82) is 0 Å². The molecule has 0 radical (unpaired) electrons. The molecular weight excluding hydrogens is 332 g/mol. The summed E-state index contributed by atoms with van der Waals surface area (Å²) in [7, 11) is 0. The fourth-order valence-corrected chi connectivity index (χ4v) is 3.83. The molecule has 0 aliphatic heterocycles. The standard InChI is InChI=1S/C18H14N6S/c1-11-12(2)24(13-5-3-7-19-9-13)17-15(11)18-21-16(14-6-4-8-25-14)22-23(18)10-20-17/h3-10H,1-2H3. The predicted octanol–water partition coefficient (Wildman–Crippen LogP) is 3.81. The third kappa shape index (κ3) is 2.02. The van der Waals surface area contributed by atoms with Gasteiger partial charge in [-0.05, 0) is 43.0 Å². The Morgan fingerprint density at radius 3 is 2.76 bits per heavy atom. The van der Waals surface area contributed by atoms with Crippen LogP contribution in [0.15, 0.2) is 48.4 Å². The molecule has 5 rings (SSSR count). The van der Waals surface area contributed by atoms with Gasteiger partial charge >= 0.3 is 0 Å². The van der Waals surface area contributed by atoms with Crippen LogP contribution in [0.5, 0.6) is 0 Å². The van der Waals surface area contributed by atoms with Gasteiger partial charge in [-0.2, -0.15) is 0 Å². The average molecular weight is 346 g/mol. The van der Waals surface area contributed by atoms with E-state index >= 15 is 0 Å². The molecule has 0 saturated heterocycles. The number of fused-ring (bicyclic) bond motifs is 3. The molecule has 0 aliphatic carbocycles. The Balaban J connectivity index is 1.85. The monoisotopic (exact) mass is 346 g/mol. The number of hydrogen-bond acceptors (Lipinski definition) is 5. The molecule has 0 atom stereocenters. The second kappa shape index (κ2) is 5.22. The molecule has 0 aromatic carbocycles. The van der Waals surface area contributed by atoms with E-state index in [4.69, 9.17) is 4.98 Å². The summed E-state index contributed by atoms with van der Waals surface area (Å²) < 4.78 is 3.88. The van der Waals surface area contributed by atoms with Gasteiger partial charge < -0.3 is 0 Å².